The van der Waals surface area contributed by atoms with Crippen LogP contribution in [0.2, 0.25) is 0 Å². The van der Waals surface area contributed by atoms with E-state index in [1.54, 1.807) is 0 Å². The molecule has 1 amide bonds. The predicted molar refractivity (Wildman–Crippen MR) is 156 cm³/mol. The van der Waals surface area contributed by atoms with Gasteiger partial charge in [-0.1, -0.05) is 59.0 Å². The molecule has 0 bridgehead atoms. The summed E-state index contributed by atoms with van der Waals surface area (Å²) in [6.45, 7) is 3.94. The average Bonchev–Trinajstić information content (AvgIpc) is 3.31. The summed E-state index contributed by atoms with van der Waals surface area (Å²) >= 11 is 2.57. The maximum absolute atomic E-state index is 13.3. The molecule has 0 spiro atoms. The lowest BCUT2D eigenvalue weighted by molar-refractivity contribution is -0.121. The van der Waals surface area contributed by atoms with Crippen LogP contribution in [-0.4, -0.2) is 47.0 Å². The molecule has 2 aliphatic heterocycles. The van der Waals surface area contributed by atoms with Gasteiger partial charge in [-0.3, -0.25) is 4.79 Å². The molecule has 0 aromatic heterocycles. The van der Waals surface area contributed by atoms with Gasteiger partial charge in [-0.05, 0) is 99.0 Å². The molecule has 6 heteroatoms. The number of fused-ring (bicyclic) bond motifs is 1. The number of rotatable bonds is 9. The third-order valence-corrected chi connectivity index (χ3v) is 9.24. The second-order valence-corrected chi connectivity index (χ2v) is 11.8. The highest BCUT2D eigenvalue weighted by Crippen LogP contribution is 2.35. The molecule has 196 valence electrons. The number of hydrogen-bond donors (Lipinski definition) is 1. The Kier molecular flexibility index (Phi) is 9.21. The molecule has 3 aliphatic rings. The van der Waals surface area contributed by atoms with Crippen molar-refractivity contribution in [1.82, 2.24) is 10.2 Å². The van der Waals surface area contributed by atoms with Gasteiger partial charge in [-0.15, -0.1) is 0 Å². The zero-order chi connectivity index (χ0) is 25.5. The van der Waals surface area contributed by atoms with Crippen LogP contribution in [0.5, 0.6) is 11.5 Å². The summed E-state index contributed by atoms with van der Waals surface area (Å²) < 4.78 is 12.4. The van der Waals surface area contributed by atoms with Crippen molar-refractivity contribution >= 4 is 28.5 Å². The Balaban J connectivity index is 1.25. The topological polar surface area (TPSA) is 50.8 Å². The summed E-state index contributed by atoms with van der Waals surface area (Å²) in [7, 11) is 0. The number of likely N-dealkylation sites (tertiary alicyclic amines) is 1. The van der Waals surface area contributed by atoms with E-state index >= 15 is 0 Å². The van der Waals surface area contributed by atoms with E-state index in [1.807, 2.05) is 54.6 Å². The van der Waals surface area contributed by atoms with Crippen LogP contribution in [0.25, 0.3) is 0 Å². The second-order valence-electron chi connectivity index (χ2n) is 10.3. The zero-order valence-corrected chi connectivity index (χ0v) is 23.6. The van der Waals surface area contributed by atoms with E-state index in [4.69, 9.17) is 9.47 Å². The van der Waals surface area contributed by atoms with Crippen LogP contribution in [-0.2, 0) is 16.0 Å². The highest BCUT2D eigenvalue weighted by Gasteiger charge is 2.32. The fourth-order valence-electron chi connectivity index (χ4n) is 5.49. The monoisotopic (exact) mass is 612 g/mol. The number of nitrogens with one attached hydrogen (secondary N) is 1. The molecular formula is C31H37IN2O3. The maximum Gasteiger partial charge on any atom is 0.224 e. The highest BCUT2D eigenvalue weighted by molar-refractivity contribution is 14.1. The molecule has 0 unspecified atom stereocenters. The van der Waals surface area contributed by atoms with Crippen molar-refractivity contribution in [2.24, 2.45) is 5.92 Å². The molecule has 2 saturated heterocycles. The first kappa shape index (κ1) is 26.3. The van der Waals surface area contributed by atoms with E-state index in [9.17, 15) is 4.79 Å². The molecule has 1 N–H and O–H groups in total. The standard InChI is InChI=1S/C31H37IN2O3/c32-31(25-15-14-24-10-4-7-18-36-29(24)21-25)28(22-34-16-5-6-17-34)33-30(35)20-23-9-8-13-27(19-23)37-26-11-2-1-3-12-26/h1-3,8-9,11-14,19,21,25,28,31H,4-7,10,15-18,20,22H2,(H,33,35)/t25-,28-,31-/m1/s1. The molecule has 2 fully saturated rings. The van der Waals surface area contributed by atoms with Crippen molar-refractivity contribution in [3.63, 3.8) is 0 Å². The summed E-state index contributed by atoms with van der Waals surface area (Å²) in [5.74, 6) is 3.04. The smallest absolute Gasteiger partial charge is 0.224 e. The van der Waals surface area contributed by atoms with Crippen LogP contribution >= 0.6 is 22.6 Å². The van der Waals surface area contributed by atoms with E-state index in [0.29, 0.717) is 12.3 Å². The third-order valence-electron chi connectivity index (χ3n) is 7.45. The number of benzene rings is 2. The summed E-state index contributed by atoms with van der Waals surface area (Å²) in [5.41, 5.74) is 2.32. The van der Waals surface area contributed by atoms with Crippen molar-refractivity contribution in [3.05, 3.63) is 83.6 Å². The number of halogens is 1. The molecule has 2 aromatic carbocycles. The van der Waals surface area contributed by atoms with E-state index in [1.165, 1.54) is 24.8 Å². The van der Waals surface area contributed by atoms with Crippen molar-refractivity contribution < 1.29 is 14.3 Å². The van der Waals surface area contributed by atoms with Gasteiger partial charge in [0.25, 0.3) is 0 Å². The van der Waals surface area contributed by atoms with E-state index in [-0.39, 0.29) is 15.9 Å². The van der Waals surface area contributed by atoms with E-state index < -0.39 is 0 Å². The quantitative estimate of drug-likeness (QED) is 0.262. The minimum absolute atomic E-state index is 0.0631. The van der Waals surface area contributed by atoms with Crippen LogP contribution in [0.4, 0.5) is 0 Å². The Bertz CT molecular complexity index is 1110. The maximum atomic E-state index is 13.3. The van der Waals surface area contributed by atoms with Gasteiger partial charge >= 0.3 is 0 Å². The molecule has 37 heavy (non-hydrogen) atoms. The normalized spacial score (nSPS) is 21.5. The number of ether oxygens (including phenoxy) is 2. The highest BCUT2D eigenvalue weighted by atomic mass is 127. The first-order chi connectivity index (χ1) is 18.1. The first-order valence-electron chi connectivity index (χ1n) is 13.7. The number of hydrogen-bond acceptors (Lipinski definition) is 4. The van der Waals surface area contributed by atoms with Gasteiger partial charge in [0.05, 0.1) is 19.1 Å². The SMILES string of the molecule is O=C(Cc1cccc(Oc2ccccc2)c1)N[C@H](CN1CCCC1)[C@H](I)[C@H]1C=C2OCCCCC2=CC1. The largest absolute Gasteiger partial charge is 0.494 e. The van der Waals surface area contributed by atoms with Crippen LogP contribution in [0.15, 0.2) is 78.1 Å². The lowest BCUT2D eigenvalue weighted by Gasteiger charge is -2.33. The van der Waals surface area contributed by atoms with Crippen molar-refractivity contribution in [2.45, 2.75) is 54.9 Å². The Morgan fingerprint density at radius 2 is 1.86 bits per heavy atom. The van der Waals surface area contributed by atoms with Crippen LogP contribution in [0, 0.1) is 5.92 Å². The van der Waals surface area contributed by atoms with Crippen molar-refractivity contribution in [1.29, 1.82) is 0 Å². The number of carbonyl (C=O) groups is 1. The number of nitrogens with zero attached hydrogens (tertiary/aromatic N) is 1. The Morgan fingerprint density at radius 1 is 1.05 bits per heavy atom. The fraction of sp³-hybridized carbons (Fsp3) is 0.452. The van der Waals surface area contributed by atoms with Gasteiger partial charge in [0.1, 0.15) is 17.3 Å². The van der Waals surface area contributed by atoms with E-state index in [2.05, 4.69) is 45.0 Å². The third kappa shape index (κ3) is 7.38. The molecule has 5 rings (SSSR count). The minimum Gasteiger partial charge on any atom is -0.494 e. The summed E-state index contributed by atoms with van der Waals surface area (Å²) in [6.07, 6.45) is 12.0. The van der Waals surface area contributed by atoms with Gasteiger partial charge < -0.3 is 19.7 Å². The molecule has 2 heterocycles. The Hall–Kier alpha value is -2.32. The van der Waals surface area contributed by atoms with Gasteiger partial charge in [-0.25, -0.2) is 0 Å². The Morgan fingerprint density at radius 3 is 2.70 bits per heavy atom. The molecule has 0 radical (unpaired) electrons. The minimum atomic E-state index is 0.0631. The lowest BCUT2D eigenvalue weighted by atomic mass is 9.88. The molecule has 5 nitrogen and oxygen atoms in total. The molecule has 3 atom stereocenters. The van der Waals surface area contributed by atoms with Gasteiger partial charge in [0.15, 0.2) is 0 Å². The zero-order valence-electron chi connectivity index (χ0n) is 21.4. The fourth-order valence-corrected chi connectivity index (χ4v) is 6.40. The summed E-state index contributed by atoms with van der Waals surface area (Å²) in [4.78, 5) is 15.8. The summed E-state index contributed by atoms with van der Waals surface area (Å²) in [5, 5.41) is 3.42. The van der Waals surface area contributed by atoms with E-state index in [0.717, 1.165) is 68.3 Å². The predicted octanol–water partition coefficient (Wildman–Crippen LogP) is 6.44. The molecular weight excluding hydrogens is 575 g/mol. The van der Waals surface area contributed by atoms with Gasteiger partial charge in [0, 0.05) is 10.5 Å². The first-order valence-corrected chi connectivity index (χ1v) is 14.9. The van der Waals surface area contributed by atoms with Gasteiger partial charge in [-0.2, -0.15) is 0 Å². The average molecular weight is 613 g/mol. The van der Waals surface area contributed by atoms with Crippen molar-refractivity contribution in [2.75, 3.05) is 26.2 Å². The van der Waals surface area contributed by atoms with Crippen molar-refractivity contribution in [3.8, 4) is 11.5 Å². The molecule has 0 saturated carbocycles. The van der Waals surface area contributed by atoms with Gasteiger partial charge in [0.2, 0.25) is 5.91 Å². The van der Waals surface area contributed by atoms with Crippen LogP contribution in [0.3, 0.4) is 0 Å². The van der Waals surface area contributed by atoms with Crippen LogP contribution < -0.4 is 10.1 Å². The molecule has 2 aromatic rings. The number of para-hydroxylation sites is 1. The number of allylic oxidation sites excluding steroid dienone is 3. The molecule has 1 aliphatic carbocycles. The number of amides is 1. The summed E-state index contributed by atoms with van der Waals surface area (Å²) in [6, 6.07) is 17.7. The second kappa shape index (κ2) is 13.0. The number of alkyl halides is 1. The lowest BCUT2D eigenvalue weighted by Crippen LogP contribution is -2.50. The Labute approximate surface area is 234 Å². The number of carbonyl (C=O) groups excluding carboxylic acids is 1. The van der Waals surface area contributed by atoms with Crippen LogP contribution in [0.1, 0.15) is 44.1 Å².